The molecule has 3 nitrogen and oxygen atoms in total. The summed E-state index contributed by atoms with van der Waals surface area (Å²) >= 11 is 3.45. The molecule has 1 heterocycles. The van der Waals surface area contributed by atoms with Gasteiger partial charge in [0.15, 0.2) is 5.78 Å². The minimum Gasteiger partial charge on any atom is -0.294 e. The van der Waals surface area contributed by atoms with E-state index in [0.29, 0.717) is 5.56 Å². The van der Waals surface area contributed by atoms with Crippen molar-refractivity contribution in [2.75, 3.05) is 0 Å². The molecule has 0 spiro atoms. The Bertz CT molecular complexity index is 546. The molecule has 82 valence electrons. The van der Waals surface area contributed by atoms with Gasteiger partial charge in [0.1, 0.15) is 0 Å². The van der Waals surface area contributed by atoms with Crippen LogP contribution in [0.1, 0.15) is 22.8 Å². The van der Waals surface area contributed by atoms with Crippen molar-refractivity contribution < 1.29 is 4.79 Å². The van der Waals surface area contributed by atoms with Crippen LogP contribution in [0.25, 0.3) is 5.69 Å². The second-order valence-corrected chi connectivity index (χ2v) is 4.52. The van der Waals surface area contributed by atoms with Crippen LogP contribution < -0.4 is 0 Å². The predicted molar refractivity (Wildman–Crippen MR) is 66.0 cm³/mol. The largest absolute Gasteiger partial charge is 0.294 e. The highest BCUT2D eigenvalue weighted by Crippen LogP contribution is 2.19. The van der Waals surface area contributed by atoms with Crippen LogP contribution in [-0.2, 0) is 0 Å². The molecule has 0 aliphatic heterocycles. The van der Waals surface area contributed by atoms with E-state index in [2.05, 4.69) is 21.0 Å². The molecule has 0 saturated heterocycles. The highest BCUT2D eigenvalue weighted by atomic mass is 79.9. The number of hydrogen-bond acceptors (Lipinski definition) is 2. The monoisotopic (exact) mass is 278 g/mol. The van der Waals surface area contributed by atoms with Gasteiger partial charge < -0.3 is 0 Å². The molecule has 4 heteroatoms. The molecule has 0 aliphatic rings. The number of nitrogens with zero attached hydrogens (tertiary/aromatic N) is 2. The van der Waals surface area contributed by atoms with E-state index in [1.54, 1.807) is 17.1 Å². The third kappa shape index (κ3) is 2.07. The van der Waals surface area contributed by atoms with Gasteiger partial charge in [-0.25, -0.2) is 4.68 Å². The van der Waals surface area contributed by atoms with Crippen LogP contribution in [-0.4, -0.2) is 15.6 Å². The van der Waals surface area contributed by atoms with Crippen molar-refractivity contribution in [3.63, 3.8) is 0 Å². The van der Waals surface area contributed by atoms with E-state index in [4.69, 9.17) is 0 Å². The fraction of sp³-hybridized carbons (Fsp3) is 0.167. The predicted octanol–water partition coefficient (Wildman–Crippen LogP) is 3.15. The van der Waals surface area contributed by atoms with Crippen LogP contribution in [0.15, 0.2) is 35.1 Å². The van der Waals surface area contributed by atoms with Crippen LogP contribution in [0.5, 0.6) is 0 Å². The lowest BCUT2D eigenvalue weighted by atomic mass is 10.2. The average molecular weight is 279 g/mol. The first kappa shape index (κ1) is 11.1. The van der Waals surface area contributed by atoms with E-state index in [-0.39, 0.29) is 5.78 Å². The summed E-state index contributed by atoms with van der Waals surface area (Å²) in [7, 11) is 0. The SMILES string of the molecule is CC(=O)c1cnn(-c2ccc(Br)c(C)c2)c1. The maximum Gasteiger partial charge on any atom is 0.162 e. The van der Waals surface area contributed by atoms with Crippen LogP contribution in [0.4, 0.5) is 0 Å². The molecule has 2 rings (SSSR count). The van der Waals surface area contributed by atoms with E-state index in [1.165, 1.54) is 6.92 Å². The van der Waals surface area contributed by atoms with Crippen molar-refractivity contribution in [1.29, 1.82) is 0 Å². The first-order chi connectivity index (χ1) is 7.58. The maximum absolute atomic E-state index is 11.2. The van der Waals surface area contributed by atoms with Gasteiger partial charge in [-0.3, -0.25) is 4.79 Å². The average Bonchev–Trinajstić information content (AvgIpc) is 2.71. The summed E-state index contributed by atoms with van der Waals surface area (Å²) in [5.74, 6) is 0.0279. The zero-order valence-corrected chi connectivity index (χ0v) is 10.7. The fourth-order valence-corrected chi connectivity index (χ4v) is 1.66. The summed E-state index contributed by atoms with van der Waals surface area (Å²) in [6, 6.07) is 5.94. The van der Waals surface area contributed by atoms with Crippen LogP contribution in [0, 0.1) is 6.92 Å². The normalized spacial score (nSPS) is 10.4. The summed E-state index contributed by atoms with van der Waals surface area (Å²) in [6.07, 6.45) is 3.32. The molecule has 0 atom stereocenters. The first-order valence-corrected chi connectivity index (χ1v) is 5.69. The van der Waals surface area contributed by atoms with Crippen molar-refractivity contribution in [2.45, 2.75) is 13.8 Å². The molecule has 0 fully saturated rings. The second kappa shape index (κ2) is 4.22. The molecule has 0 N–H and O–H groups in total. The lowest BCUT2D eigenvalue weighted by Crippen LogP contribution is -1.95. The Morgan fingerprint density at radius 1 is 1.44 bits per heavy atom. The first-order valence-electron chi connectivity index (χ1n) is 4.90. The Balaban J connectivity index is 2.42. The highest BCUT2D eigenvalue weighted by molar-refractivity contribution is 9.10. The number of carbonyl (C=O) groups excluding carboxylic acids is 1. The fourth-order valence-electron chi connectivity index (χ4n) is 1.42. The van der Waals surface area contributed by atoms with Crippen molar-refractivity contribution in [2.24, 2.45) is 0 Å². The zero-order chi connectivity index (χ0) is 11.7. The van der Waals surface area contributed by atoms with E-state index >= 15 is 0 Å². The summed E-state index contributed by atoms with van der Waals surface area (Å²) in [5.41, 5.74) is 2.71. The molecule has 0 radical (unpaired) electrons. The number of carbonyl (C=O) groups is 1. The molecular formula is C12H11BrN2O. The quantitative estimate of drug-likeness (QED) is 0.791. The van der Waals surface area contributed by atoms with E-state index in [0.717, 1.165) is 15.7 Å². The summed E-state index contributed by atoms with van der Waals surface area (Å²) in [6.45, 7) is 3.55. The Morgan fingerprint density at radius 2 is 2.19 bits per heavy atom. The smallest absolute Gasteiger partial charge is 0.162 e. The Morgan fingerprint density at radius 3 is 2.75 bits per heavy atom. The van der Waals surface area contributed by atoms with Gasteiger partial charge in [0.2, 0.25) is 0 Å². The number of rotatable bonds is 2. The molecular weight excluding hydrogens is 268 g/mol. The minimum absolute atomic E-state index is 0.0279. The van der Waals surface area contributed by atoms with Crippen molar-refractivity contribution in [3.05, 3.63) is 46.2 Å². The zero-order valence-electron chi connectivity index (χ0n) is 9.07. The molecule has 2 aromatic rings. The van der Waals surface area contributed by atoms with Gasteiger partial charge in [0.25, 0.3) is 0 Å². The number of aromatic nitrogens is 2. The minimum atomic E-state index is 0.0279. The van der Waals surface area contributed by atoms with Gasteiger partial charge in [-0.1, -0.05) is 15.9 Å². The van der Waals surface area contributed by atoms with Crippen molar-refractivity contribution >= 4 is 21.7 Å². The van der Waals surface area contributed by atoms with Gasteiger partial charge in [-0.2, -0.15) is 5.10 Å². The molecule has 16 heavy (non-hydrogen) atoms. The van der Waals surface area contributed by atoms with Crippen molar-refractivity contribution in [3.8, 4) is 5.69 Å². The standard InChI is InChI=1S/C12H11BrN2O/c1-8-5-11(3-4-12(8)13)15-7-10(6-14-15)9(2)16/h3-7H,1-2H3. The van der Waals surface area contributed by atoms with E-state index in [1.807, 2.05) is 25.1 Å². The number of benzene rings is 1. The lowest BCUT2D eigenvalue weighted by molar-refractivity contribution is 0.101. The Hall–Kier alpha value is -1.42. The summed E-state index contributed by atoms with van der Waals surface area (Å²) < 4.78 is 2.77. The number of halogens is 1. The molecule has 1 aromatic carbocycles. The molecule has 0 aliphatic carbocycles. The number of Topliss-reactive ketones (excluding diaryl/α,β-unsaturated/α-hetero) is 1. The Kier molecular flexibility index (Phi) is 2.92. The van der Waals surface area contributed by atoms with Gasteiger partial charge in [-0.05, 0) is 37.6 Å². The van der Waals surface area contributed by atoms with E-state index in [9.17, 15) is 4.79 Å². The molecule has 0 saturated carbocycles. The molecule has 0 bridgehead atoms. The van der Waals surface area contributed by atoms with Crippen LogP contribution in [0.2, 0.25) is 0 Å². The topological polar surface area (TPSA) is 34.9 Å². The van der Waals surface area contributed by atoms with Crippen LogP contribution in [0.3, 0.4) is 0 Å². The van der Waals surface area contributed by atoms with Gasteiger partial charge >= 0.3 is 0 Å². The lowest BCUT2D eigenvalue weighted by Gasteiger charge is -2.03. The van der Waals surface area contributed by atoms with Gasteiger partial charge in [-0.15, -0.1) is 0 Å². The summed E-state index contributed by atoms with van der Waals surface area (Å²) in [5, 5.41) is 4.16. The van der Waals surface area contributed by atoms with Gasteiger partial charge in [0, 0.05) is 10.7 Å². The van der Waals surface area contributed by atoms with Crippen LogP contribution >= 0.6 is 15.9 Å². The molecule has 0 amide bonds. The Labute approximate surface area is 102 Å². The number of aryl methyl sites for hydroxylation is 1. The number of hydrogen-bond donors (Lipinski definition) is 0. The second-order valence-electron chi connectivity index (χ2n) is 3.66. The van der Waals surface area contributed by atoms with E-state index < -0.39 is 0 Å². The molecule has 0 unspecified atom stereocenters. The third-order valence-electron chi connectivity index (χ3n) is 2.40. The highest BCUT2D eigenvalue weighted by Gasteiger charge is 2.05. The summed E-state index contributed by atoms with van der Waals surface area (Å²) in [4.78, 5) is 11.2. The molecule has 1 aromatic heterocycles. The van der Waals surface area contributed by atoms with Gasteiger partial charge in [0.05, 0.1) is 17.4 Å². The maximum atomic E-state index is 11.2. The number of ketones is 1. The third-order valence-corrected chi connectivity index (χ3v) is 3.28. The van der Waals surface area contributed by atoms with Crippen molar-refractivity contribution in [1.82, 2.24) is 9.78 Å².